The standard InChI is InChI=1S/C14H23NO/c1-3-6-12(2)9-15-10-13-7-4-5-8-14(13)11-16/h4-5,7-8,12,15-16H,3,6,9-11H2,1-2H3. The summed E-state index contributed by atoms with van der Waals surface area (Å²) in [6, 6.07) is 8.04. The number of benzene rings is 1. The molecule has 0 bridgehead atoms. The Morgan fingerprint density at radius 2 is 1.94 bits per heavy atom. The molecule has 0 aliphatic rings. The second kappa shape index (κ2) is 7.42. The smallest absolute Gasteiger partial charge is 0.0685 e. The first-order valence-corrected chi connectivity index (χ1v) is 6.16. The molecule has 1 aromatic carbocycles. The fourth-order valence-electron chi connectivity index (χ4n) is 1.93. The first kappa shape index (κ1) is 13.2. The van der Waals surface area contributed by atoms with Crippen molar-refractivity contribution >= 4 is 0 Å². The van der Waals surface area contributed by atoms with Gasteiger partial charge in [-0.1, -0.05) is 44.5 Å². The van der Waals surface area contributed by atoms with E-state index < -0.39 is 0 Å². The number of hydrogen-bond acceptors (Lipinski definition) is 2. The van der Waals surface area contributed by atoms with E-state index in [2.05, 4.69) is 25.2 Å². The van der Waals surface area contributed by atoms with Gasteiger partial charge in [-0.15, -0.1) is 0 Å². The lowest BCUT2D eigenvalue weighted by Crippen LogP contribution is -2.21. The molecule has 0 saturated carbocycles. The minimum atomic E-state index is 0.127. The molecule has 0 heterocycles. The van der Waals surface area contributed by atoms with Crippen LogP contribution in [0.5, 0.6) is 0 Å². The van der Waals surface area contributed by atoms with Gasteiger partial charge in [0.05, 0.1) is 6.61 Å². The largest absolute Gasteiger partial charge is 0.392 e. The summed E-state index contributed by atoms with van der Waals surface area (Å²) in [6.07, 6.45) is 2.52. The summed E-state index contributed by atoms with van der Waals surface area (Å²) in [7, 11) is 0. The van der Waals surface area contributed by atoms with Gasteiger partial charge < -0.3 is 10.4 Å². The van der Waals surface area contributed by atoms with Crippen molar-refractivity contribution in [3.63, 3.8) is 0 Å². The van der Waals surface area contributed by atoms with Gasteiger partial charge in [0.2, 0.25) is 0 Å². The molecular weight excluding hydrogens is 198 g/mol. The van der Waals surface area contributed by atoms with Crippen molar-refractivity contribution in [3.8, 4) is 0 Å². The molecule has 2 heteroatoms. The third kappa shape index (κ3) is 4.33. The van der Waals surface area contributed by atoms with Gasteiger partial charge in [-0.05, 0) is 30.0 Å². The molecule has 0 radical (unpaired) electrons. The molecule has 90 valence electrons. The Hall–Kier alpha value is -0.860. The fourth-order valence-corrected chi connectivity index (χ4v) is 1.93. The number of nitrogens with one attached hydrogen (secondary N) is 1. The van der Waals surface area contributed by atoms with E-state index >= 15 is 0 Å². The number of aliphatic hydroxyl groups is 1. The summed E-state index contributed by atoms with van der Waals surface area (Å²) >= 11 is 0. The summed E-state index contributed by atoms with van der Waals surface area (Å²) in [4.78, 5) is 0. The first-order chi connectivity index (χ1) is 7.77. The first-order valence-electron chi connectivity index (χ1n) is 6.16. The van der Waals surface area contributed by atoms with E-state index in [0.29, 0.717) is 0 Å². The topological polar surface area (TPSA) is 32.3 Å². The maximum Gasteiger partial charge on any atom is 0.0685 e. The lowest BCUT2D eigenvalue weighted by Gasteiger charge is -2.13. The lowest BCUT2D eigenvalue weighted by atomic mass is 10.1. The van der Waals surface area contributed by atoms with E-state index in [4.69, 9.17) is 0 Å². The maximum atomic E-state index is 9.18. The summed E-state index contributed by atoms with van der Waals surface area (Å²) in [6.45, 7) is 6.52. The van der Waals surface area contributed by atoms with E-state index in [9.17, 15) is 5.11 Å². The van der Waals surface area contributed by atoms with Gasteiger partial charge in [-0.25, -0.2) is 0 Å². The van der Waals surface area contributed by atoms with Crippen LogP contribution in [-0.4, -0.2) is 11.7 Å². The Bertz CT molecular complexity index is 299. The Morgan fingerprint density at radius 3 is 2.56 bits per heavy atom. The van der Waals surface area contributed by atoms with Gasteiger partial charge in [-0.2, -0.15) is 0 Å². The number of rotatable bonds is 7. The minimum absolute atomic E-state index is 0.127. The molecule has 16 heavy (non-hydrogen) atoms. The summed E-state index contributed by atoms with van der Waals surface area (Å²) in [5, 5.41) is 12.6. The van der Waals surface area contributed by atoms with Crippen molar-refractivity contribution in [2.45, 2.75) is 39.8 Å². The second-order valence-electron chi connectivity index (χ2n) is 4.45. The predicted molar refractivity (Wildman–Crippen MR) is 68.1 cm³/mol. The normalized spacial score (nSPS) is 12.7. The van der Waals surface area contributed by atoms with Crippen molar-refractivity contribution in [2.75, 3.05) is 6.54 Å². The van der Waals surface area contributed by atoms with Crippen molar-refractivity contribution in [1.29, 1.82) is 0 Å². The van der Waals surface area contributed by atoms with Gasteiger partial charge in [0.25, 0.3) is 0 Å². The molecule has 1 unspecified atom stereocenters. The van der Waals surface area contributed by atoms with Crippen LogP contribution in [0.25, 0.3) is 0 Å². The molecule has 2 N–H and O–H groups in total. The summed E-state index contributed by atoms with van der Waals surface area (Å²) in [5.41, 5.74) is 2.23. The predicted octanol–water partition coefficient (Wildman–Crippen LogP) is 2.70. The van der Waals surface area contributed by atoms with Gasteiger partial charge in [0.15, 0.2) is 0 Å². The fraction of sp³-hybridized carbons (Fsp3) is 0.571. The van der Waals surface area contributed by atoms with Crippen molar-refractivity contribution in [3.05, 3.63) is 35.4 Å². The zero-order chi connectivity index (χ0) is 11.8. The van der Waals surface area contributed by atoms with Crippen LogP contribution in [0.15, 0.2) is 24.3 Å². The van der Waals surface area contributed by atoms with Gasteiger partial charge >= 0.3 is 0 Å². The van der Waals surface area contributed by atoms with Crippen LogP contribution in [0.2, 0.25) is 0 Å². The average molecular weight is 221 g/mol. The Morgan fingerprint density at radius 1 is 1.25 bits per heavy atom. The average Bonchev–Trinajstić information content (AvgIpc) is 2.30. The molecule has 0 aliphatic heterocycles. The third-order valence-electron chi connectivity index (χ3n) is 2.88. The second-order valence-corrected chi connectivity index (χ2v) is 4.45. The van der Waals surface area contributed by atoms with Gasteiger partial charge in [-0.3, -0.25) is 0 Å². The van der Waals surface area contributed by atoms with E-state index in [1.807, 2.05) is 18.2 Å². The molecule has 2 nitrogen and oxygen atoms in total. The third-order valence-corrected chi connectivity index (χ3v) is 2.88. The molecular formula is C14H23NO. The number of hydrogen-bond donors (Lipinski definition) is 2. The number of aliphatic hydroxyl groups excluding tert-OH is 1. The molecule has 0 aromatic heterocycles. The highest BCUT2D eigenvalue weighted by Crippen LogP contribution is 2.09. The maximum absolute atomic E-state index is 9.18. The van der Waals surface area contributed by atoms with Crippen LogP contribution >= 0.6 is 0 Å². The highest BCUT2D eigenvalue weighted by atomic mass is 16.3. The van der Waals surface area contributed by atoms with Crippen molar-refractivity contribution < 1.29 is 5.11 Å². The van der Waals surface area contributed by atoms with Crippen molar-refractivity contribution in [1.82, 2.24) is 5.32 Å². The van der Waals surface area contributed by atoms with E-state index in [0.717, 1.165) is 24.6 Å². The zero-order valence-electron chi connectivity index (χ0n) is 10.4. The van der Waals surface area contributed by atoms with Crippen LogP contribution in [0.4, 0.5) is 0 Å². The molecule has 1 aromatic rings. The molecule has 0 fully saturated rings. The molecule has 1 atom stereocenters. The summed E-state index contributed by atoms with van der Waals surface area (Å²) < 4.78 is 0. The minimum Gasteiger partial charge on any atom is -0.392 e. The van der Waals surface area contributed by atoms with Gasteiger partial charge in [0.1, 0.15) is 0 Å². The lowest BCUT2D eigenvalue weighted by molar-refractivity contribution is 0.280. The van der Waals surface area contributed by atoms with E-state index in [1.165, 1.54) is 18.4 Å². The quantitative estimate of drug-likeness (QED) is 0.742. The molecule has 0 amide bonds. The Kier molecular flexibility index (Phi) is 6.12. The van der Waals surface area contributed by atoms with Crippen LogP contribution in [0, 0.1) is 5.92 Å². The molecule has 1 rings (SSSR count). The summed E-state index contributed by atoms with van der Waals surface area (Å²) in [5.74, 6) is 0.728. The highest BCUT2D eigenvalue weighted by Gasteiger charge is 2.02. The zero-order valence-corrected chi connectivity index (χ0v) is 10.4. The Balaban J connectivity index is 2.36. The monoisotopic (exact) mass is 221 g/mol. The van der Waals surface area contributed by atoms with Crippen LogP contribution in [0.1, 0.15) is 37.8 Å². The highest BCUT2D eigenvalue weighted by molar-refractivity contribution is 5.26. The van der Waals surface area contributed by atoms with E-state index in [1.54, 1.807) is 0 Å². The van der Waals surface area contributed by atoms with Gasteiger partial charge in [0, 0.05) is 6.54 Å². The van der Waals surface area contributed by atoms with E-state index in [-0.39, 0.29) is 6.61 Å². The molecule has 0 aliphatic carbocycles. The van der Waals surface area contributed by atoms with Crippen LogP contribution in [0.3, 0.4) is 0 Å². The van der Waals surface area contributed by atoms with Crippen molar-refractivity contribution in [2.24, 2.45) is 5.92 Å². The molecule has 0 saturated heterocycles. The Labute approximate surface area is 98.7 Å². The SMILES string of the molecule is CCCC(C)CNCc1ccccc1CO. The van der Waals surface area contributed by atoms with Crippen LogP contribution < -0.4 is 5.32 Å². The molecule has 0 spiro atoms. The van der Waals surface area contributed by atoms with Crippen LogP contribution in [-0.2, 0) is 13.2 Å².